The van der Waals surface area contributed by atoms with Crippen molar-refractivity contribution in [2.75, 3.05) is 33.1 Å². The minimum absolute atomic E-state index is 0.00664. The number of aromatic hydroxyl groups is 1. The number of hydrogen-bond donors (Lipinski definition) is 6. The largest absolute Gasteiger partial charge is 0.510 e. The Labute approximate surface area is 220 Å². The summed E-state index contributed by atoms with van der Waals surface area (Å²) in [7, 11) is 6.58. The smallest absolute Gasteiger partial charge is 0.255 e. The number of anilines is 1. The molecule has 2 aliphatic rings. The molecule has 0 saturated heterocycles. The summed E-state index contributed by atoms with van der Waals surface area (Å²) in [4.78, 5) is 53.1. The molecule has 0 heterocycles. The molecule has 0 bridgehead atoms. The maximum atomic E-state index is 13.4. The number of nitrogens with one attached hydrogen (secondary N) is 1. The van der Waals surface area contributed by atoms with Crippen molar-refractivity contribution >= 4 is 34.8 Å². The van der Waals surface area contributed by atoms with E-state index in [-0.39, 0.29) is 42.2 Å². The molecule has 3 atom stereocenters. The van der Waals surface area contributed by atoms with Gasteiger partial charge in [0.2, 0.25) is 5.91 Å². The highest BCUT2D eigenvalue weighted by atomic mass is 16.3. The number of ketones is 2. The summed E-state index contributed by atoms with van der Waals surface area (Å²) >= 11 is 0. The molecule has 0 aromatic heterocycles. The number of benzene rings is 1. The highest BCUT2D eigenvalue weighted by Crippen LogP contribution is 2.46. The SMILES string of the molecule is CC(=O)NCc1cc(N(C)C)c2c(c1O)C(O)=C1C(=O)CC(=O)/C(C(N)=O)=C(/O)C(N(C)C)[C@@H](O)CC1C2. The number of likely N-dealkylation sites (N-methyl/N-ethyl adjacent to an activating group) is 1. The fraction of sp³-hybridized carbons (Fsp3) is 0.462. The summed E-state index contributed by atoms with van der Waals surface area (Å²) in [5, 5.41) is 47.1. The van der Waals surface area contributed by atoms with Crippen LogP contribution in [0.25, 0.3) is 5.76 Å². The molecule has 2 amide bonds. The topological polar surface area (TPSA) is 194 Å². The first-order valence-corrected chi connectivity index (χ1v) is 12.0. The summed E-state index contributed by atoms with van der Waals surface area (Å²) in [5.41, 5.74) is 5.79. The van der Waals surface area contributed by atoms with Crippen molar-refractivity contribution in [2.45, 2.75) is 44.9 Å². The number of aliphatic hydroxyl groups is 3. The van der Waals surface area contributed by atoms with Crippen LogP contribution in [0.3, 0.4) is 0 Å². The standard InChI is InChI=1S/C26H34N4O8/c1-11(31)28-10-13-7-15(29(2)3)14-6-12-8-18(34)22(30(4)5)25(37)21(26(27)38)17(33)9-16(32)19(12)24(36)20(14)23(13)35/h7,12,18,22,34-37H,6,8-10H2,1-5H3,(H2,27,38)(H,28,31)/b25-21-/t12?,18-,22?/m0/s1. The van der Waals surface area contributed by atoms with E-state index < -0.39 is 59.0 Å². The molecular formula is C26H34N4O8. The molecule has 38 heavy (non-hydrogen) atoms. The van der Waals surface area contributed by atoms with Gasteiger partial charge in [0.1, 0.15) is 22.8 Å². The molecule has 2 unspecified atom stereocenters. The number of nitrogens with zero attached hydrogens (tertiary/aromatic N) is 2. The number of carbonyl (C=O) groups excluding carboxylic acids is 4. The Morgan fingerprint density at radius 2 is 1.74 bits per heavy atom. The molecule has 12 nitrogen and oxygen atoms in total. The van der Waals surface area contributed by atoms with Gasteiger partial charge in [-0.3, -0.25) is 24.1 Å². The minimum Gasteiger partial charge on any atom is -0.510 e. The van der Waals surface area contributed by atoms with Crippen molar-refractivity contribution in [3.05, 3.63) is 39.7 Å². The van der Waals surface area contributed by atoms with Crippen molar-refractivity contribution in [2.24, 2.45) is 11.7 Å². The molecule has 0 radical (unpaired) electrons. The molecule has 1 aromatic rings. The Kier molecular flexibility index (Phi) is 8.18. The number of fused-ring (bicyclic) bond motifs is 2. The third kappa shape index (κ3) is 5.22. The summed E-state index contributed by atoms with van der Waals surface area (Å²) in [6.45, 7) is 1.28. The van der Waals surface area contributed by atoms with Crippen LogP contribution in [0.2, 0.25) is 0 Å². The second kappa shape index (κ2) is 10.8. The van der Waals surface area contributed by atoms with Crippen LogP contribution in [0, 0.1) is 5.92 Å². The van der Waals surface area contributed by atoms with E-state index >= 15 is 0 Å². The van der Waals surface area contributed by atoms with Crippen molar-refractivity contribution in [3.63, 3.8) is 0 Å². The third-order valence-electron chi connectivity index (χ3n) is 6.95. The van der Waals surface area contributed by atoms with Crippen LogP contribution in [0.5, 0.6) is 5.75 Å². The molecule has 1 aromatic carbocycles. The lowest BCUT2D eigenvalue weighted by Gasteiger charge is -2.36. The van der Waals surface area contributed by atoms with Gasteiger partial charge < -0.3 is 36.4 Å². The predicted octanol–water partition coefficient (Wildman–Crippen LogP) is 0.0562. The highest BCUT2D eigenvalue weighted by Gasteiger charge is 2.42. The zero-order chi connectivity index (χ0) is 28.6. The number of hydrogen-bond acceptors (Lipinski definition) is 10. The zero-order valence-electron chi connectivity index (χ0n) is 22.0. The summed E-state index contributed by atoms with van der Waals surface area (Å²) in [5.74, 6) is -5.87. The Balaban J connectivity index is 2.28. The number of primary amides is 1. The number of phenols is 1. The molecule has 12 heteroatoms. The predicted molar refractivity (Wildman–Crippen MR) is 138 cm³/mol. The van der Waals surface area contributed by atoms with Crippen molar-refractivity contribution in [1.82, 2.24) is 10.2 Å². The van der Waals surface area contributed by atoms with Gasteiger partial charge >= 0.3 is 0 Å². The summed E-state index contributed by atoms with van der Waals surface area (Å²) in [6.07, 6.45) is -2.25. The number of rotatable bonds is 5. The Bertz CT molecular complexity index is 1260. The number of aliphatic hydroxyl groups excluding tert-OH is 3. The van der Waals surface area contributed by atoms with Crippen molar-refractivity contribution < 1.29 is 39.6 Å². The number of allylic oxidation sites excluding steroid dienone is 1. The van der Waals surface area contributed by atoms with E-state index in [1.165, 1.54) is 25.9 Å². The van der Waals surface area contributed by atoms with Gasteiger partial charge in [0.15, 0.2) is 11.6 Å². The second-order valence-corrected chi connectivity index (χ2v) is 10.1. The fourth-order valence-electron chi connectivity index (χ4n) is 5.28. The zero-order valence-corrected chi connectivity index (χ0v) is 22.0. The van der Waals surface area contributed by atoms with Gasteiger partial charge in [0.25, 0.3) is 5.91 Å². The van der Waals surface area contributed by atoms with E-state index in [0.29, 0.717) is 16.8 Å². The maximum absolute atomic E-state index is 13.4. The molecule has 206 valence electrons. The Morgan fingerprint density at radius 3 is 2.26 bits per heavy atom. The first kappa shape index (κ1) is 28.7. The molecule has 0 saturated carbocycles. The molecule has 3 rings (SSSR count). The Morgan fingerprint density at radius 1 is 1.11 bits per heavy atom. The van der Waals surface area contributed by atoms with Crippen LogP contribution in [0.4, 0.5) is 5.69 Å². The molecule has 0 spiro atoms. The van der Waals surface area contributed by atoms with Gasteiger partial charge in [-0.05, 0) is 44.5 Å². The molecular weight excluding hydrogens is 496 g/mol. The van der Waals surface area contributed by atoms with Crippen LogP contribution in [-0.4, -0.2) is 89.0 Å². The number of Topliss-reactive ketones (excluding diaryl/α,β-unsaturated/α-hetero) is 2. The maximum Gasteiger partial charge on any atom is 0.255 e. The lowest BCUT2D eigenvalue weighted by atomic mass is 9.74. The quantitative estimate of drug-likeness (QED) is 0.224. The van der Waals surface area contributed by atoms with E-state index in [1.807, 2.05) is 0 Å². The molecule has 0 fully saturated rings. The van der Waals surface area contributed by atoms with Crippen molar-refractivity contribution in [3.8, 4) is 5.75 Å². The van der Waals surface area contributed by atoms with E-state index in [2.05, 4.69) is 5.32 Å². The number of nitrogens with two attached hydrogens (primary N) is 1. The van der Waals surface area contributed by atoms with Gasteiger partial charge in [-0.25, -0.2) is 0 Å². The summed E-state index contributed by atoms with van der Waals surface area (Å²) < 4.78 is 0. The minimum atomic E-state index is -1.37. The highest BCUT2D eigenvalue weighted by molar-refractivity contribution is 6.25. The van der Waals surface area contributed by atoms with Gasteiger partial charge in [0, 0.05) is 44.4 Å². The molecule has 0 aliphatic heterocycles. The lowest BCUT2D eigenvalue weighted by Crippen LogP contribution is -2.45. The molecule has 7 N–H and O–H groups in total. The van der Waals surface area contributed by atoms with Crippen molar-refractivity contribution in [1.29, 1.82) is 0 Å². The second-order valence-electron chi connectivity index (χ2n) is 10.1. The van der Waals surface area contributed by atoms with Gasteiger partial charge in [0.05, 0.1) is 24.1 Å². The number of carbonyl (C=O) groups is 4. The Hall–Kier alpha value is -3.90. The van der Waals surface area contributed by atoms with E-state index in [9.17, 15) is 39.6 Å². The number of amides is 2. The number of phenolic OH excluding ortho intramolecular Hbond substituents is 1. The van der Waals surface area contributed by atoms with E-state index in [4.69, 9.17) is 5.73 Å². The fourth-order valence-corrected chi connectivity index (χ4v) is 5.28. The monoisotopic (exact) mass is 530 g/mol. The van der Waals surface area contributed by atoms with Crippen LogP contribution in [0.15, 0.2) is 23.0 Å². The first-order chi connectivity index (χ1) is 17.7. The third-order valence-corrected chi connectivity index (χ3v) is 6.95. The molecule has 2 aliphatic carbocycles. The average Bonchev–Trinajstić information content (AvgIpc) is 2.76. The average molecular weight is 531 g/mol. The van der Waals surface area contributed by atoms with E-state index in [1.54, 1.807) is 25.1 Å². The van der Waals surface area contributed by atoms with Gasteiger partial charge in [-0.15, -0.1) is 0 Å². The van der Waals surface area contributed by atoms with Crippen LogP contribution in [0.1, 0.15) is 36.5 Å². The van der Waals surface area contributed by atoms with Crippen LogP contribution >= 0.6 is 0 Å². The van der Waals surface area contributed by atoms with Gasteiger partial charge in [-0.2, -0.15) is 0 Å². The normalized spacial score (nSPS) is 24.1. The van der Waals surface area contributed by atoms with Crippen LogP contribution < -0.4 is 16.0 Å². The summed E-state index contributed by atoms with van der Waals surface area (Å²) in [6, 6.07) is 0.474. The van der Waals surface area contributed by atoms with Gasteiger partial charge in [-0.1, -0.05) is 0 Å². The van der Waals surface area contributed by atoms with Crippen LogP contribution in [-0.2, 0) is 32.1 Å². The van der Waals surface area contributed by atoms with E-state index in [0.717, 1.165) is 0 Å². The lowest BCUT2D eigenvalue weighted by molar-refractivity contribution is -0.125. The first-order valence-electron chi connectivity index (χ1n) is 12.0.